The Balaban J connectivity index is 1.70. The van der Waals surface area contributed by atoms with E-state index < -0.39 is 10.0 Å². The molecule has 27 heavy (non-hydrogen) atoms. The quantitative estimate of drug-likeness (QED) is 0.879. The normalized spacial score (nSPS) is 18.4. The number of rotatable bonds is 4. The maximum atomic E-state index is 13.0. The fourth-order valence-corrected chi connectivity index (χ4v) is 5.01. The summed E-state index contributed by atoms with van der Waals surface area (Å²) in [4.78, 5) is 16.5. The summed E-state index contributed by atoms with van der Waals surface area (Å²) in [6, 6.07) is 10.6. The molecule has 2 aromatic carbocycles. The molecule has 0 radical (unpaired) electrons. The highest BCUT2D eigenvalue weighted by atomic mass is 32.2. The van der Waals surface area contributed by atoms with Gasteiger partial charge in [-0.3, -0.25) is 9.52 Å². The average Bonchev–Trinajstić information content (AvgIpc) is 2.88. The van der Waals surface area contributed by atoms with Gasteiger partial charge in [0.25, 0.3) is 10.0 Å². The van der Waals surface area contributed by atoms with Crippen LogP contribution in [0.4, 0.5) is 17.1 Å². The summed E-state index contributed by atoms with van der Waals surface area (Å²) in [5.41, 5.74) is 4.20. The second-order valence-corrected chi connectivity index (χ2v) is 9.06. The molecule has 1 atom stereocenters. The van der Waals surface area contributed by atoms with Crippen LogP contribution in [-0.4, -0.2) is 35.0 Å². The Morgan fingerprint density at radius 1 is 1.15 bits per heavy atom. The molecule has 0 saturated heterocycles. The van der Waals surface area contributed by atoms with Gasteiger partial charge in [0, 0.05) is 32.0 Å². The van der Waals surface area contributed by atoms with Crippen molar-refractivity contribution in [3.05, 3.63) is 47.5 Å². The van der Waals surface area contributed by atoms with E-state index in [0.29, 0.717) is 12.2 Å². The van der Waals surface area contributed by atoms with E-state index in [1.807, 2.05) is 43.0 Å². The standard InChI is InChI=1S/C20H23N3O3S/c1-13-18-12-17(11-14-5-4-10-23(19(14)18)20(13)24)27(25,26)21-15-6-8-16(9-7-15)22(2)3/h6-9,11-13,21H,4-5,10H2,1-3H3/t13-/m1/s1. The van der Waals surface area contributed by atoms with Crippen molar-refractivity contribution in [2.24, 2.45) is 0 Å². The fraction of sp³-hybridized carbons (Fsp3) is 0.350. The van der Waals surface area contributed by atoms with Gasteiger partial charge in [0.05, 0.1) is 16.5 Å². The van der Waals surface area contributed by atoms with Crippen molar-refractivity contribution in [1.29, 1.82) is 0 Å². The second-order valence-electron chi connectivity index (χ2n) is 7.38. The Bertz CT molecular complexity index is 1010. The third-order valence-corrected chi connectivity index (χ3v) is 6.70. The van der Waals surface area contributed by atoms with E-state index in [9.17, 15) is 13.2 Å². The monoisotopic (exact) mass is 385 g/mol. The van der Waals surface area contributed by atoms with Crippen LogP contribution in [0, 0.1) is 0 Å². The predicted molar refractivity (Wildman–Crippen MR) is 107 cm³/mol. The maximum absolute atomic E-state index is 13.0. The van der Waals surface area contributed by atoms with Crippen molar-refractivity contribution in [1.82, 2.24) is 0 Å². The van der Waals surface area contributed by atoms with Crippen molar-refractivity contribution < 1.29 is 13.2 Å². The Morgan fingerprint density at radius 3 is 2.52 bits per heavy atom. The molecule has 0 spiro atoms. The lowest BCUT2D eigenvalue weighted by Crippen LogP contribution is -2.32. The van der Waals surface area contributed by atoms with Crippen LogP contribution < -0.4 is 14.5 Å². The first-order valence-corrected chi connectivity index (χ1v) is 10.5. The molecular weight excluding hydrogens is 362 g/mol. The van der Waals surface area contributed by atoms with Gasteiger partial charge in [-0.05, 0) is 67.3 Å². The van der Waals surface area contributed by atoms with Gasteiger partial charge in [-0.2, -0.15) is 0 Å². The summed E-state index contributed by atoms with van der Waals surface area (Å²) in [5.74, 6) is -0.237. The topological polar surface area (TPSA) is 69.7 Å². The molecule has 142 valence electrons. The van der Waals surface area contributed by atoms with Crippen molar-refractivity contribution in [3.63, 3.8) is 0 Å². The van der Waals surface area contributed by atoms with Crippen LogP contribution in [0.1, 0.15) is 30.4 Å². The minimum atomic E-state index is -3.73. The van der Waals surface area contributed by atoms with Gasteiger partial charge in [-0.1, -0.05) is 0 Å². The minimum Gasteiger partial charge on any atom is -0.378 e. The average molecular weight is 385 g/mol. The number of sulfonamides is 1. The zero-order valence-electron chi connectivity index (χ0n) is 15.7. The van der Waals surface area contributed by atoms with Gasteiger partial charge in [0.15, 0.2) is 0 Å². The highest BCUT2D eigenvalue weighted by molar-refractivity contribution is 7.92. The summed E-state index contributed by atoms with van der Waals surface area (Å²) >= 11 is 0. The third-order valence-electron chi connectivity index (χ3n) is 5.34. The molecule has 0 saturated carbocycles. The zero-order valence-corrected chi connectivity index (χ0v) is 16.5. The first-order valence-electron chi connectivity index (χ1n) is 9.06. The SMILES string of the molecule is C[C@H]1C(=O)N2CCCc3cc(S(=O)(=O)Nc4ccc(N(C)C)cc4)cc1c32. The molecule has 0 aromatic heterocycles. The van der Waals surface area contributed by atoms with E-state index in [1.54, 1.807) is 24.3 Å². The summed E-state index contributed by atoms with van der Waals surface area (Å²) in [7, 11) is 0.135. The first kappa shape index (κ1) is 17.9. The Labute approximate surface area is 159 Å². The van der Waals surface area contributed by atoms with Crippen LogP contribution >= 0.6 is 0 Å². The number of anilines is 3. The van der Waals surface area contributed by atoms with E-state index >= 15 is 0 Å². The van der Waals surface area contributed by atoms with Crippen LogP contribution in [0.15, 0.2) is 41.3 Å². The van der Waals surface area contributed by atoms with Gasteiger partial charge >= 0.3 is 0 Å². The second kappa shape index (κ2) is 6.27. The van der Waals surface area contributed by atoms with Crippen LogP contribution in [0.25, 0.3) is 0 Å². The Hall–Kier alpha value is -2.54. The van der Waals surface area contributed by atoms with Crippen molar-refractivity contribution in [2.75, 3.05) is 35.2 Å². The highest BCUT2D eigenvalue weighted by Gasteiger charge is 2.38. The van der Waals surface area contributed by atoms with Gasteiger partial charge in [-0.25, -0.2) is 8.42 Å². The van der Waals surface area contributed by atoms with E-state index in [-0.39, 0.29) is 16.7 Å². The van der Waals surface area contributed by atoms with Crippen LogP contribution in [0.3, 0.4) is 0 Å². The number of aryl methyl sites for hydroxylation is 1. The molecule has 2 aliphatic rings. The molecule has 0 fully saturated rings. The summed E-state index contributed by atoms with van der Waals surface area (Å²) in [6.45, 7) is 2.56. The van der Waals surface area contributed by atoms with Crippen molar-refractivity contribution in [2.45, 2.75) is 30.6 Å². The molecule has 2 heterocycles. The highest BCUT2D eigenvalue weighted by Crippen LogP contribution is 2.44. The summed E-state index contributed by atoms with van der Waals surface area (Å²) in [6.07, 6.45) is 1.65. The van der Waals surface area contributed by atoms with E-state index in [4.69, 9.17) is 0 Å². The molecule has 4 rings (SSSR count). The number of carbonyl (C=O) groups excluding carboxylic acids is 1. The van der Waals surface area contributed by atoms with Gasteiger partial charge < -0.3 is 9.80 Å². The minimum absolute atomic E-state index is 0.0627. The molecule has 7 heteroatoms. The summed E-state index contributed by atoms with van der Waals surface area (Å²) in [5, 5.41) is 0. The molecule has 0 aliphatic carbocycles. The van der Waals surface area contributed by atoms with Crippen LogP contribution in [-0.2, 0) is 21.2 Å². The lowest BCUT2D eigenvalue weighted by atomic mass is 9.97. The summed E-state index contributed by atoms with van der Waals surface area (Å²) < 4.78 is 28.6. The number of hydrogen-bond donors (Lipinski definition) is 1. The molecule has 0 bridgehead atoms. The van der Waals surface area contributed by atoms with Gasteiger partial charge in [0.2, 0.25) is 5.91 Å². The number of benzene rings is 2. The number of hydrogen-bond acceptors (Lipinski definition) is 4. The Kier molecular flexibility index (Phi) is 4.14. The van der Waals surface area contributed by atoms with Gasteiger partial charge in [-0.15, -0.1) is 0 Å². The maximum Gasteiger partial charge on any atom is 0.261 e. The van der Waals surface area contributed by atoms with Crippen LogP contribution in [0.2, 0.25) is 0 Å². The van der Waals surface area contributed by atoms with Crippen molar-refractivity contribution in [3.8, 4) is 0 Å². The number of nitrogens with one attached hydrogen (secondary N) is 1. The Morgan fingerprint density at radius 2 is 1.85 bits per heavy atom. The predicted octanol–water partition coefficient (Wildman–Crippen LogP) is 2.95. The first-order chi connectivity index (χ1) is 12.8. The lowest BCUT2D eigenvalue weighted by Gasteiger charge is -2.26. The largest absolute Gasteiger partial charge is 0.378 e. The molecular formula is C20H23N3O3S. The van der Waals surface area contributed by atoms with Crippen LogP contribution in [0.5, 0.6) is 0 Å². The molecule has 0 unspecified atom stereocenters. The van der Waals surface area contributed by atoms with E-state index in [1.165, 1.54) is 0 Å². The van der Waals surface area contributed by atoms with Gasteiger partial charge in [0.1, 0.15) is 0 Å². The molecule has 2 aromatic rings. The van der Waals surface area contributed by atoms with E-state index in [2.05, 4.69) is 4.72 Å². The molecule has 6 nitrogen and oxygen atoms in total. The number of nitrogens with zero attached hydrogens (tertiary/aromatic N) is 2. The molecule has 1 amide bonds. The zero-order chi connectivity index (χ0) is 19.3. The molecule has 1 N–H and O–H groups in total. The van der Waals surface area contributed by atoms with Crippen molar-refractivity contribution >= 4 is 33.0 Å². The number of amides is 1. The van der Waals surface area contributed by atoms with E-state index in [0.717, 1.165) is 35.3 Å². The lowest BCUT2D eigenvalue weighted by molar-refractivity contribution is -0.119. The number of carbonyl (C=O) groups is 1. The third kappa shape index (κ3) is 2.96. The molecule has 2 aliphatic heterocycles. The fourth-order valence-electron chi connectivity index (χ4n) is 3.86. The smallest absolute Gasteiger partial charge is 0.261 e.